The second-order valence-corrected chi connectivity index (χ2v) is 12.0. The number of rotatable bonds is 2. The van der Waals surface area contributed by atoms with Crippen LogP contribution < -0.4 is 0 Å². The lowest BCUT2D eigenvalue weighted by Crippen LogP contribution is -1.92. The first-order valence-electron chi connectivity index (χ1n) is 15.4. The monoisotopic (exact) mass is 554 g/mol. The fourth-order valence-electron chi connectivity index (χ4n) is 7.85. The molecule has 0 aliphatic heterocycles. The highest BCUT2D eigenvalue weighted by Crippen LogP contribution is 2.47. The van der Waals surface area contributed by atoms with Crippen LogP contribution in [0.25, 0.3) is 97.7 Å². The van der Waals surface area contributed by atoms with Gasteiger partial charge in [-0.1, -0.05) is 152 Å². The normalized spacial score (nSPS) is 12.1. The van der Waals surface area contributed by atoms with Gasteiger partial charge in [0.05, 0.1) is 0 Å². The molecule has 0 saturated heterocycles. The Morgan fingerprint density at radius 2 is 0.727 bits per heavy atom. The van der Waals surface area contributed by atoms with Crippen LogP contribution in [-0.4, -0.2) is 0 Å². The molecule has 0 aliphatic rings. The molecule has 0 fully saturated rings. The first kappa shape index (κ1) is 23.8. The van der Waals surface area contributed by atoms with Crippen molar-refractivity contribution in [3.05, 3.63) is 158 Å². The van der Waals surface area contributed by atoms with E-state index in [0.717, 1.165) is 0 Å². The van der Waals surface area contributed by atoms with Crippen molar-refractivity contribution in [2.45, 2.75) is 0 Å². The van der Waals surface area contributed by atoms with Gasteiger partial charge in [-0.2, -0.15) is 0 Å². The van der Waals surface area contributed by atoms with Crippen molar-refractivity contribution < 1.29 is 0 Å². The third-order valence-corrected chi connectivity index (χ3v) is 9.76. The number of hydrogen-bond donors (Lipinski definition) is 0. The summed E-state index contributed by atoms with van der Waals surface area (Å²) in [6, 6.07) is 58.6. The molecule has 0 aromatic heterocycles. The molecule has 10 aromatic carbocycles. The van der Waals surface area contributed by atoms with Gasteiger partial charge in [-0.05, 0) is 104 Å². The minimum atomic E-state index is 1.25. The molecule has 44 heavy (non-hydrogen) atoms. The molecule has 0 unspecified atom stereocenters. The molecule has 0 atom stereocenters. The second-order valence-electron chi connectivity index (χ2n) is 12.0. The molecule has 10 aromatic rings. The van der Waals surface area contributed by atoms with Gasteiger partial charge in [0.2, 0.25) is 0 Å². The van der Waals surface area contributed by atoms with E-state index in [1.807, 2.05) is 0 Å². The van der Waals surface area contributed by atoms with Crippen molar-refractivity contribution in [1.29, 1.82) is 0 Å². The molecule has 0 bridgehead atoms. The van der Waals surface area contributed by atoms with E-state index in [1.165, 1.54) is 97.7 Å². The summed E-state index contributed by atoms with van der Waals surface area (Å²) in [7, 11) is 0. The maximum atomic E-state index is 2.38. The van der Waals surface area contributed by atoms with E-state index in [-0.39, 0.29) is 0 Å². The molecule has 0 heterocycles. The lowest BCUT2D eigenvalue weighted by Gasteiger charge is -2.20. The van der Waals surface area contributed by atoms with E-state index in [4.69, 9.17) is 0 Å². The van der Waals surface area contributed by atoms with Crippen molar-refractivity contribution >= 4 is 75.4 Å². The van der Waals surface area contributed by atoms with E-state index < -0.39 is 0 Å². The largest absolute Gasteiger partial charge is 0.0616 e. The first-order valence-corrected chi connectivity index (χ1v) is 15.4. The van der Waals surface area contributed by atoms with Crippen LogP contribution >= 0.6 is 0 Å². The molecule has 0 heteroatoms. The van der Waals surface area contributed by atoms with Gasteiger partial charge in [-0.3, -0.25) is 0 Å². The maximum Gasteiger partial charge on any atom is -0.00201 e. The average Bonchev–Trinajstić information content (AvgIpc) is 3.09. The first-order chi connectivity index (χ1) is 21.8. The minimum Gasteiger partial charge on any atom is -0.0616 e. The highest BCUT2D eigenvalue weighted by Gasteiger charge is 2.19. The summed E-state index contributed by atoms with van der Waals surface area (Å²) in [5.74, 6) is 0. The van der Waals surface area contributed by atoms with Gasteiger partial charge in [-0.25, -0.2) is 0 Å². The van der Waals surface area contributed by atoms with E-state index in [2.05, 4.69) is 158 Å². The molecule has 10 rings (SSSR count). The van der Waals surface area contributed by atoms with Gasteiger partial charge in [0.25, 0.3) is 0 Å². The lowest BCUT2D eigenvalue weighted by molar-refractivity contribution is 1.69. The summed E-state index contributed by atoms with van der Waals surface area (Å²) in [6.07, 6.45) is 0. The molecule has 0 spiro atoms. The van der Waals surface area contributed by atoms with Crippen molar-refractivity contribution in [3.63, 3.8) is 0 Å². The smallest absolute Gasteiger partial charge is 0.00201 e. The molecule has 0 radical (unpaired) electrons. The number of benzene rings is 10. The Labute approximate surface area is 254 Å². The summed E-state index contributed by atoms with van der Waals surface area (Å²) in [5, 5.41) is 18.2. The topological polar surface area (TPSA) is 0 Å². The van der Waals surface area contributed by atoms with E-state index in [1.54, 1.807) is 0 Å². The minimum absolute atomic E-state index is 1.25. The summed E-state index contributed by atoms with van der Waals surface area (Å²) in [6.45, 7) is 0. The Morgan fingerprint density at radius 3 is 1.45 bits per heavy atom. The quantitative estimate of drug-likeness (QED) is 0.147. The third kappa shape index (κ3) is 3.23. The van der Waals surface area contributed by atoms with Crippen LogP contribution in [0.15, 0.2) is 158 Å². The summed E-state index contributed by atoms with van der Waals surface area (Å²) in [5.41, 5.74) is 5.15. The van der Waals surface area contributed by atoms with E-state index >= 15 is 0 Å². The van der Waals surface area contributed by atoms with Gasteiger partial charge in [-0.15, -0.1) is 0 Å². The lowest BCUT2D eigenvalue weighted by atomic mass is 9.83. The molecule has 0 aliphatic carbocycles. The summed E-state index contributed by atoms with van der Waals surface area (Å²) < 4.78 is 0. The van der Waals surface area contributed by atoms with Crippen LogP contribution in [-0.2, 0) is 0 Å². The fourth-order valence-corrected chi connectivity index (χ4v) is 7.85. The zero-order valence-electron chi connectivity index (χ0n) is 24.0. The van der Waals surface area contributed by atoms with Crippen molar-refractivity contribution in [2.75, 3.05) is 0 Å². The highest BCUT2D eigenvalue weighted by atomic mass is 14.2. The number of fused-ring (bicyclic) bond motifs is 5. The van der Waals surface area contributed by atoms with Crippen LogP contribution in [0.4, 0.5) is 0 Å². The Hall–Kier alpha value is -5.72. The van der Waals surface area contributed by atoms with Gasteiger partial charge in [0.1, 0.15) is 0 Å². The Kier molecular flexibility index (Phi) is 4.81. The highest BCUT2D eigenvalue weighted by molar-refractivity contribution is 6.29. The van der Waals surface area contributed by atoms with Gasteiger partial charge in [0.15, 0.2) is 0 Å². The molecule has 0 nitrogen and oxygen atoms in total. The third-order valence-electron chi connectivity index (χ3n) is 9.76. The predicted octanol–water partition coefficient (Wildman–Crippen LogP) is 12.5. The van der Waals surface area contributed by atoms with Crippen molar-refractivity contribution in [1.82, 2.24) is 0 Å². The zero-order chi connectivity index (χ0) is 28.8. The summed E-state index contributed by atoms with van der Waals surface area (Å²) in [4.78, 5) is 0. The number of hydrogen-bond acceptors (Lipinski definition) is 0. The standard InChI is InChI=1S/C44H26/c1-2-11-33-27(8-1)16-19-31-26-32(22-23-34(31)33)42-35-12-3-5-14-37(35)44(38-15-6-4-13-36(38)42)40-25-21-30-18-17-28-9-7-10-29-20-24-39(40)43(30)41(28)29/h1-26H. The van der Waals surface area contributed by atoms with E-state index in [0.29, 0.717) is 0 Å². The maximum absolute atomic E-state index is 2.38. The van der Waals surface area contributed by atoms with Crippen molar-refractivity contribution in [3.8, 4) is 22.3 Å². The molecule has 0 saturated carbocycles. The van der Waals surface area contributed by atoms with Gasteiger partial charge in [0, 0.05) is 0 Å². The van der Waals surface area contributed by atoms with Gasteiger partial charge >= 0.3 is 0 Å². The van der Waals surface area contributed by atoms with Crippen molar-refractivity contribution in [2.24, 2.45) is 0 Å². The zero-order valence-corrected chi connectivity index (χ0v) is 24.0. The molecule has 0 amide bonds. The molecule has 202 valence electrons. The molecular formula is C44H26. The van der Waals surface area contributed by atoms with Gasteiger partial charge < -0.3 is 0 Å². The molecular weight excluding hydrogens is 528 g/mol. The average molecular weight is 555 g/mol. The molecule has 0 N–H and O–H groups in total. The second kappa shape index (κ2) is 8.89. The summed E-state index contributed by atoms with van der Waals surface area (Å²) >= 11 is 0. The van der Waals surface area contributed by atoms with Crippen LogP contribution in [0, 0.1) is 0 Å². The van der Waals surface area contributed by atoms with Crippen LogP contribution in [0.2, 0.25) is 0 Å². The Bertz CT molecular complexity index is 2690. The van der Waals surface area contributed by atoms with Crippen LogP contribution in [0.1, 0.15) is 0 Å². The predicted molar refractivity (Wildman–Crippen MR) is 191 cm³/mol. The SMILES string of the molecule is c1ccc2c(c1)ccc1cc(-c3c4ccccc4c(-c4ccc5ccc6cccc7ccc4c5c67)c4ccccc34)ccc12. The van der Waals surface area contributed by atoms with Crippen LogP contribution in [0.5, 0.6) is 0 Å². The Balaban J connectivity index is 1.32. The fraction of sp³-hybridized carbons (Fsp3) is 0. The van der Waals surface area contributed by atoms with E-state index in [9.17, 15) is 0 Å². The Morgan fingerprint density at radius 1 is 0.250 bits per heavy atom. The van der Waals surface area contributed by atoms with Crippen LogP contribution in [0.3, 0.4) is 0 Å².